The number of hydrogen-bond donors (Lipinski definition) is 3. The number of hydrogen-bond acceptors (Lipinski definition) is 5. The highest BCUT2D eigenvalue weighted by Crippen LogP contribution is 2.18. The van der Waals surface area contributed by atoms with Crippen molar-refractivity contribution in [2.75, 3.05) is 0 Å². The van der Waals surface area contributed by atoms with Crippen LogP contribution in [-0.2, 0) is 4.79 Å². The number of aliphatic hydroxyl groups excluding tert-OH is 1. The molecule has 1 saturated heterocycles. The molecule has 1 aliphatic rings. The van der Waals surface area contributed by atoms with Gasteiger partial charge in [-0.2, -0.15) is 0 Å². The Morgan fingerprint density at radius 2 is 2.19 bits per heavy atom. The molecule has 21 heavy (non-hydrogen) atoms. The Hall–Kier alpha value is -2.22. The van der Waals surface area contributed by atoms with Crippen molar-refractivity contribution in [3.8, 4) is 0 Å². The summed E-state index contributed by atoms with van der Waals surface area (Å²) in [6.07, 6.45) is 2.08. The van der Waals surface area contributed by atoms with Crippen LogP contribution in [0.2, 0.25) is 0 Å². The van der Waals surface area contributed by atoms with Gasteiger partial charge >= 0.3 is 0 Å². The van der Waals surface area contributed by atoms with Gasteiger partial charge in [0.25, 0.3) is 11.5 Å². The van der Waals surface area contributed by atoms with Gasteiger partial charge in [-0.15, -0.1) is 0 Å². The van der Waals surface area contributed by atoms with Crippen molar-refractivity contribution in [3.63, 3.8) is 0 Å². The minimum Gasteiger partial charge on any atom is -0.374 e. The number of carbonyl (C=O) groups is 2. The minimum atomic E-state index is -0.894. The zero-order valence-electron chi connectivity index (χ0n) is 11.9. The van der Waals surface area contributed by atoms with E-state index in [1.807, 2.05) is 13.8 Å². The largest absolute Gasteiger partial charge is 0.374 e. The number of nitrogens with zero attached hydrogens (tertiary/aromatic N) is 2. The van der Waals surface area contributed by atoms with Crippen LogP contribution in [0.5, 0.6) is 0 Å². The van der Waals surface area contributed by atoms with Crippen molar-refractivity contribution in [3.05, 3.63) is 28.4 Å². The van der Waals surface area contributed by atoms with Crippen molar-refractivity contribution in [1.29, 1.82) is 0 Å². The van der Waals surface area contributed by atoms with E-state index in [2.05, 4.69) is 15.6 Å². The lowest BCUT2D eigenvalue weighted by molar-refractivity contribution is -0.130. The van der Waals surface area contributed by atoms with E-state index in [1.165, 1.54) is 10.8 Å². The SMILES string of the molecule is CC(C)NC(=O)c1cn(C2CCC(O)NC2=O)c(=O)cn1. The Bertz CT molecular complexity index is 610. The van der Waals surface area contributed by atoms with Gasteiger partial charge < -0.3 is 15.7 Å². The second-order valence-corrected chi connectivity index (χ2v) is 5.26. The molecule has 8 heteroatoms. The van der Waals surface area contributed by atoms with Gasteiger partial charge in [0.15, 0.2) is 0 Å². The van der Waals surface area contributed by atoms with Crippen molar-refractivity contribution in [1.82, 2.24) is 20.2 Å². The molecule has 0 saturated carbocycles. The number of aliphatic hydroxyl groups is 1. The molecule has 0 aromatic carbocycles. The first kappa shape index (κ1) is 15.2. The first-order chi connectivity index (χ1) is 9.88. The summed E-state index contributed by atoms with van der Waals surface area (Å²) in [5.41, 5.74) is -0.394. The van der Waals surface area contributed by atoms with Gasteiger partial charge in [0.2, 0.25) is 5.91 Å². The topological polar surface area (TPSA) is 113 Å². The standard InChI is InChI=1S/C13H18N4O4/c1-7(2)15-12(20)8-6-17(11(19)5-14-8)9-3-4-10(18)16-13(9)21/h5-7,9-10,18H,3-4H2,1-2H3,(H,15,20)(H,16,21). The van der Waals surface area contributed by atoms with E-state index in [-0.39, 0.29) is 11.7 Å². The molecule has 0 spiro atoms. The summed E-state index contributed by atoms with van der Waals surface area (Å²) in [4.78, 5) is 39.4. The van der Waals surface area contributed by atoms with Crippen LogP contribution in [0, 0.1) is 0 Å². The van der Waals surface area contributed by atoms with Crippen LogP contribution >= 0.6 is 0 Å². The number of carbonyl (C=O) groups excluding carboxylic acids is 2. The van der Waals surface area contributed by atoms with Gasteiger partial charge in [0, 0.05) is 12.2 Å². The smallest absolute Gasteiger partial charge is 0.271 e. The summed E-state index contributed by atoms with van der Waals surface area (Å²) < 4.78 is 1.18. The van der Waals surface area contributed by atoms with Gasteiger partial charge in [-0.3, -0.25) is 19.0 Å². The fourth-order valence-electron chi connectivity index (χ4n) is 2.16. The number of amides is 2. The minimum absolute atomic E-state index is 0.0622. The summed E-state index contributed by atoms with van der Waals surface area (Å²) >= 11 is 0. The van der Waals surface area contributed by atoms with Gasteiger partial charge in [0.1, 0.15) is 18.0 Å². The average Bonchev–Trinajstić information content (AvgIpc) is 2.39. The molecule has 0 radical (unpaired) electrons. The lowest BCUT2D eigenvalue weighted by atomic mass is 10.1. The van der Waals surface area contributed by atoms with Gasteiger partial charge in [-0.05, 0) is 26.7 Å². The molecular weight excluding hydrogens is 276 g/mol. The molecule has 8 nitrogen and oxygen atoms in total. The molecule has 114 valence electrons. The predicted molar refractivity (Wildman–Crippen MR) is 73.5 cm³/mol. The number of nitrogens with one attached hydrogen (secondary N) is 2. The Balaban J connectivity index is 2.29. The summed E-state index contributed by atoms with van der Waals surface area (Å²) in [6.45, 7) is 3.62. The molecule has 2 rings (SSSR count). The third-order valence-corrected chi connectivity index (χ3v) is 3.14. The summed E-state index contributed by atoms with van der Waals surface area (Å²) in [7, 11) is 0. The molecule has 1 fully saturated rings. The molecule has 0 bridgehead atoms. The summed E-state index contributed by atoms with van der Waals surface area (Å²) in [5.74, 6) is -0.854. The monoisotopic (exact) mass is 294 g/mol. The van der Waals surface area contributed by atoms with Gasteiger partial charge in [-0.25, -0.2) is 4.98 Å². The first-order valence-electron chi connectivity index (χ1n) is 6.76. The molecule has 2 amide bonds. The fraction of sp³-hybridized carbons (Fsp3) is 0.538. The summed E-state index contributed by atoms with van der Waals surface area (Å²) in [6, 6.07) is -0.803. The highest BCUT2D eigenvalue weighted by molar-refractivity contribution is 5.92. The van der Waals surface area contributed by atoms with Crippen LogP contribution < -0.4 is 16.2 Å². The Morgan fingerprint density at radius 3 is 2.81 bits per heavy atom. The molecule has 2 heterocycles. The van der Waals surface area contributed by atoms with E-state index in [0.29, 0.717) is 12.8 Å². The highest BCUT2D eigenvalue weighted by Gasteiger charge is 2.29. The average molecular weight is 294 g/mol. The number of piperidine rings is 1. The van der Waals surface area contributed by atoms with Crippen LogP contribution in [0.1, 0.15) is 43.2 Å². The maximum Gasteiger partial charge on any atom is 0.271 e. The van der Waals surface area contributed by atoms with Gasteiger partial charge in [-0.1, -0.05) is 0 Å². The first-order valence-corrected chi connectivity index (χ1v) is 6.76. The zero-order valence-corrected chi connectivity index (χ0v) is 11.9. The van der Waals surface area contributed by atoms with Crippen molar-refractivity contribution < 1.29 is 14.7 Å². The van der Waals surface area contributed by atoms with E-state index in [1.54, 1.807) is 0 Å². The quantitative estimate of drug-likeness (QED) is 0.672. The Kier molecular flexibility index (Phi) is 4.37. The van der Waals surface area contributed by atoms with E-state index < -0.39 is 29.6 Å². The van der Waals surface area contributed by atoms with Crippen LogP contribution in [0.3, 0.4) is 0 Å². The van der Waals surface area contributed by atoms with Crippen LogP contribution in [0.15, 0.2) is 17.2 Å². The number of aromatic nitrogens is 2. The molecule has 1 aromatic heterocycles. The highest BCUT2D eigenvalue weighted by atomic mass is 16.3. The third-order valence-electron chi connectivity index (χ3n) is 3.14. The van der Waals surface area contributed by atoms with Crippen molar-refractivity contribution in [2.24, 2.45) is 0 Å². The molecular formula is C13H18N4O4. The third kappa shape index (κ3) is 3.46. The van der Waals surface area contributed by atoms with Gasteiger partial charge in [0.05, 0.1) is 6.20 Å². The molecule has 1 aliphatic heterocycles. The van der Waals surface area contributed by atoms with E-state index in [9.17, 15) is 19.5 Å². The van der Waals surface area contributed by atoms with E-state index >= 15 is 0 Å². The zero-order chi connectivity index (χ0) is 15.6. The predicted octanol–water partition coefficient (Wildman–Crippen LogP) is -0.849. The second kappa shape index (κ2) is 6.04. The maximum absolute atomic E-state index is 11.9. The molecule has 0 aliphatic carbocycles. The normalized spacial score (nSPS) is 22.0. The summed E-state index contributed by atoms with van der Waals surface area (Å²) in [5, 5.41) is 14.4. The van der Waals surface area contributed by atoms with Crippen molar-refractivity contribution >= 4 is 11.8 Å². The maximum atomic E-state index is 11.9. The molecule has 1 aromatic rings. The van der Waals surface area contributed by atoms with E-state index in [0.717, 1.165) is 6.20 Å². The number of rotatable bonds is 3. The van der Waals surface area contributed by atoms with Crippen molar-refractivity contribution in [2.45, 2.75) is 45.0 Å². The van der Waals surface area contributed by atoms with Crippen LogP contribution in [-0.4, -0.2) is 38.7 Å². The van der Waals surface area contributed by atoms with Crippen LogP contribution in [0.25, 0.3) is 0 Å². The Labute approximate surface area is 121 Å². The van der Waals surface area contributed by atoms with E-state index in [4.69, 9.17) is 0 Å². The molecule has 2 atom stereocenters. The Morgan fingerprint density at radius 1 is 1.48 bits per heavy atom. The lowest BCUT2D eigenvalue weighted by Gasteiger charge is -2.27. The van der Waals surface area contributed by atoms with Crippen LogP contribution in [0.4, 0.5) is 0 Å². The lowest BCUT2D eigenvalue weighted by Crippen LogP contribution is -2.47. The molecule has 2 unspecified atom stereocenters. The second-order valence-electron chi connectivity index (χ2n) is 5.26. The molecule has 3 N–H and O–H groups in total. The fourth-order valence-corrected chi connectivity index (χ4v) is 2.16.